The SMILES string of the molecule is N=C/C(=C\NC1CCN(C2(CCCCCNc3ccc4c(c3)C(=O)N(C(C=O)CCC(N)=O)C4=O)CC2)CC1)c1cnc2ccccc2n1. The quantitative estimate of drug-likeness (QED) is 0.0710. The van der Waals surface area contributed by atoms with Gasteiger partial charge in [0.15, 0.2) is 0 Å². The summed E-state index contributed by atoms with van der Waals surface area (Å²) in [5.41, 5.74) is 9.89. The van der Waals surface area contributed by atoms with E-state index in [1.54, 1.807) is 24.4 Å². The molecule has 1 saturated heterocycles. The van der Waals surface area contributed by atoms with Gasteiger partial charge in [0.05, 0.1) is 40.1 Å². The number of amides is 3. The van der Waals surface area contributed by atoms with E-state index in [0.29, 0.717) is 23.6 Å². The van der Waals surface area contributed by atoms with E-state index in [1.165, 1.54) is 25.5 Å². The first-order valence-electron chi connectivity index (χ1n) is 17.3. The number of likely N-dealkylation sites (tertiary alicyclic amines) is 1. The van der Waals surface area contributed by atoms with Crippen LogP contribution in [-0.2, 0) is 9.59 Å². The van der Waals surface area contributed by atoms with Crippen LogP contribution in [0.4, 0.5) is 5.69 Å². The van der Waals surface area contributed by atoms with Crippen LogP contribution in [0, 0.1) is 5.41 Å². The van der Waals surface area contributed by atoms with E-state index < -0.39 is 23.8 Å². The second kappa shape index (κ2) is 15.1. The van der Waals surface area contributed by atoms with Crippen LogP contribution in [0.15, 0.2) is 54.9 Å². The number of hydrogen-bond donors (Lipinski definition) is 4. The molecular weight excluding hydrogens is 620 g/mol. The molecule has 12 heteroatoms. The van der Waals surface area contributed by atoms with Gasteiger partial charge < -0.3 is 26.6 Å². The first kappa shape index (κ1) is 33.9. The molecule has 49 heavy (non-hydrogen) atoms. The predicted octanol–water partition coefficient (Wildman–Crippen LogP) is 4.31. The third-order valence-corrected chi connectivity index (χ3v) is 10.1. The molecule has 3 heterocycles. The Morgan fingerprint density at radius 1 is 1.04 bits per heavy atom. The van der Waals surface area contributed by atoms with E-state index in [-0.39, 0.29) is 24.0 Å². The summed E-state index contributed by atoms with van der Waals surface area (Å²) in [7, 11) is 0. The molecule has 12 nitrogen and oxygen atoms in total. The number of unbranched alkanes of at least 4 members (excludes halogenated alkanes) is 2. The Morgan fingerprint density at radius 3 is 2.51 bits per heavy atom. The summed E-state index contributed by atoms with van der Waals surface area (Å²) in [6.07, 6.45) is 14.5. The third-order valence-electron chi connectivity index (χ3n) is 10.1. The van der Waals surface area contributed by atoms with E-state index >= 15 is 0 Å². The summed E-state index contributed by atoms with van der Waals surface area (Å²) in [5, 5.41) is 14.8. The van der Waals surface area contributed by atoms with Gasteiger partial charge in [-0.3, -0.25) is 29.2 Å². The van der Waals surface area contributed by atoms with Crippen LogP contribution < -0.4 is 16.4 Å². The van der Waals surface area contributed by atoms with Gasteiger partial charge in [-0.15, -0.1) is 0 Å². The van der Waals surface area contributed by atoms with Gasteiger partial charge >= 0.3 is 0 Å². The fraction of sp³-hybridized carbons (Fsp3) is 0.432. The zero-order chi connectivity index (χ0) is 34.4. The maximum absolute atomic E-state index is 13.0. The minimum atomic E-state index is -1.02. The number of aldehydes is 1. The Balaban J connectivity index is 0.910. The number of carbonyl (C=O) groups is 4. The van der Waals surface area contributed by atoms with Crippen molar-refractivity contribution in [2.45, 2.75) is 81.8 Å². The van der Waals surface area contributed by atoms with Gasteiger partial charge in [-0.25, -0.2) is 4.98 Å². The van der Waals surface area contributed by atoms with Crippen LogP contribution >= 0.6 is 0 Å². The Labute approximate surface area is 286 Å². The molecule has 3 aromatic rings. The number of piperidine rings is 1. The molecule has 1 unspecified atom stereocenters. The van der Waals surface area contributed by atoms with Crippen molar-refractivity contribution in [1.82, 2.24) is 25.1 Å². The number of primary amides is 1. The van der Waals surface area contributed by atoms with Crippen molar-refractivity contribution in [2.75, 3.05) is 25.0 Å². The first-order valence-corrected chi connectivity index (χ1v) is 17.3. The number of fused-ring (bicyclic) bond motifs is 2. The highest BCUT2D eigenvalue weighted by Gasteiger charge is 2.47. The summed E-state index contributed by atoms with van der Waals surface area (Å²) < 4.78 is 0. The van der Waals surface area contributed by atoms with Crippen LogP contribution in [0.3, 0.4) is 0 Å². The van der Waals surface area contributed by atoms with Crippen molar-refractivity contribution in [3.63, 3.8) is 0 Å². The number of nitrogens with zero attached hydrogens (tertiary/aromatic N) is 4. The Hall–Kier alpha value is -4.97. The molecule has 2 aromatic carbocycles. The fourth-order valence-corrected chi connectivity index (χ4v) is 7.09. The lowest BCUT2D eigenvalue weighted by Gasteiger charge is -2.38. The average Bonchev–Trinajstić information content (AvgIpc) is 3.87. The van der Waals surface area contributed by atoms with E-state index in [0.717, 1.165) is 78.9 Å². The number of nitrogens with one attached hydrogen (secondary N) is 3. The van der Waals surface area contributed by atoms with Gasteiger partial charge in [0.25, 0.3) is 11.8 Å². The molecule has 1 atom stereocenters. The van der Waals surface area contributed by atoms with Crippen molar-refractivity contribution in [3.05, 3.63) is 71.7 Å². The number of nitrogens with two attached hydrogens (primary N) is 1. The number of rotatable bonds is 17. The molecule has 0 radical (unpaired) electrons. The lowest BCUT2D eigenvalue weighted by Crippen LogP contribution is -2.47. The van der Waals surface area contributed by atoms with Gasteiger partial charge in [-0.05, 0) is 75.3 Å². The minimum absolute atomic E-state index is 0.0144. The standard InChI is InChI=1S/C37H44N8O4/c38-21-25(33-23-42-31-6-2-3-7-32(31)43-33)22-41-26-12-18-44(19-13-26)37(15-16-37)14-4-1-5-17-40-27-8-10-29-30(20-27)36(49)45(35(29)48)28(24-46)9-11-34(39)47/h2-3,6-8,10,20-24,26,28,38,40-41H,1,4-5,9,11-19H2,(H2,39,47)/b25-22+,38-21?. The van der Waals surface area contributed by atoms with E-state index in [1.807, 2.05) is 30.5 Å². The normalized spacial score (nSPS) is 18.3. The molecule has 6 rings (SSSR count). The van der Waals surface area contributed by atoms with E-state index in [2.05, 4.69) is 25.5 Å². The van der Waals surface area contributed by atoms with Gasteiger partial charge in [0.1, 0.15) is 6.29 Å². The van der Waals surface area contributed by atoms with Gasteiger partial charge in [-0.1, -0.05) is 25.0 Å². The van der Waals surface area contributed by atoms with Crippen LogP contribution in [0.2, 0.25) is 0 Å². The first-order chi connectivity index (χ1) is 23.8. The van der Waals surface area contributed by atoms with Crippen molar-refractivity contribution in [3.8, 4) is 0 Å². The smallest absolute Gasteiger partial charge is 0.262 e. The number of aromatic nitrogens is 2. The number of hydrogen-bond acceptors (Lipinski definition) is 10. The highest BCUT2D eigenvalue weighted by Crippen LogP contribution is 2.47. The maximum Gasteiger partial charge on any atom is 0.262 e. The lowest BCUT2D eigenvalue weighted by atomic mass is 9.98. The molecule has 5 N–H and O–H groups in total. The Bertz CT molecular complexity index is 1760. The number of allylic oxidation sites excluding steroid dienone is 1. The number of benzene rings is 2. The van der Waals surface area contributed by atoms with Crippen LogP contribution in [-0.4, -0.2) is 87.2 Å². The van der Waals surface area contributed by atoms with Crippen LogP contribution in [0.5, 0.6) is 0 Å². The van der Waals surface area contributed by atoms with Crippen molar-refractivity contribution in [1.29, 1.82) is 5.41 Å². The second-order valence-corrected chi connectivity index (χ2v) is 13.3. The number of imide groups is 1. The second-order valence-electron chi connectivity index (χ2n) is 13.3. The highest BCUT2D eigenvalue weighted by molar-refractivity contribution is 6.22. The van der Waals surface area contributed by atoms with E-state index in [4.69, 9.17) is 11.1 Å². The molecule has 3 aliphatic rings. The van der Waals surface area contributed by atoms with Gasteiger partial charge in [-0.2, -0.15) is 0 Å². The zero-order valence-electron chi connectivity index (χ0n) is 27.7. The van der Waals surface area contributed by atoms with Crippen molar-refractivity contribution < 1.29 is 19.2 Å². The molecule has 2 fully saturated rings. The number of para-hydroxylation sites is 2. The topological polar surface area (TPSA) is 174 Å². The minimum Gasteiger partial charge on any atom is -0.387 e. The van der Waals surface area contributed by atoms with E-state index in [9.17, 15) is 19.2 Å². The summed E-state index contributed by atoms with van der Waals surface area (Å²) in [5.74, 6) is -1.64. The Morgan fingerprint density at radius 2 is 1.80 bits per heavy atom. The fourth-order valence-electron chi connectivity index (χ4n) is 7.09. The zero-order valence-corrected chi connectivity index (χ0v) is 27.7. The molecule has 1 saturated carbocycles. The van der Waals surface area contributed by atoms with Crippen LogP contribution in [0.1, 0.15) is 90.6 Å². The lowest BCUT2D eigenvalue weighted by molar-refractivity contribution is -0.118. The molecule has 256 valence electrons. The molecule has 0 bridgehead atoms. The summed E-state index contributed by atoms with van der Waals surface area (Å²) >= 11 is 0. The third kappa shape index (κ3) is 7.69. The molecule has 3 amide bonds. The van der Waals surface area contributed by atoms with Crippen molar-refractivity contribution >= 4 is 52.5 Å². The highest BCUT2D eigenvalue weighted by atomic mass is 16.2. The van der Waals surface area contributed by atoms with Gasteiger partial charge in [0.2, 0.25) is 5.91 Å². The van der Waals surface area contributed by atoms with Gasteiger partial charge in [0, 0.05) is 61.3 Å². The molecule has 1 aromatic heterocycles. The largest absolute Gasteiger partial charge is 0.387 e. The molecule has 2 aliphatic heterocycles. The number of anilines is 1. The predicted molar refractivity (Wildman–Crippen MR) is 188 cm³/mol. The monoisotopic (exact) mass is 664 g/mol. The Kier molecular flexibility index (Phi) is 10.4. The molecule has 0 spiro atoms. The maximum atomic E-state index is 13.0. The molecule has 1 aliphatic carbocycles. The van der Waals surface area contributed by atoms with Crippen LogP contribution in [0.25, 0.3) is 16.6 Å². The average molecular weight is 665 g/mol. The molecular formula is C37H44N8O4. The number of carbonyl (C=O) groups excluding carboxylic acids is 4. The van der Waals surface area contributed by atoms with Crippen molar-refractivity contribution in [2.24, 2.45) is 5.73 Å². The summed E-state index contributed by atoms with van der Waals surface area (Å²) in [6.45, 7) is 2.89. The summed E-state index contributed by atoms with van der Waals surface area (Å²) in [4.78, 5) is 61.4. The summed E-state index contributed by atoms with van der Waals surface area (Å²) in [6, 6.07) is 12.2.